The van der Waals surface area contributed by atoms with Gasteiger partial charge in [-0.15, -0.1) is 0 Å². The number of carbonyl (C=O) groups excluding carboxylic acids is 2. The molecule has 1 saturated heterocycles. The third kappa shape index (κ3) is 4.34. The second kappa shape index (κ2) is 6.59. The van der Waals surface area contributed by atoms with Gasteiger partial charge < -0.3 is 16.0 Å². The highest BCUT2D eigenvalue weighted by molar-refractivity contribution is 5.79. The molecule has 0 aromatic carbocycles. The van der Waals surface area contributed by atoms with Crippen LogP contribution in [0.3, 0.4) is 0 Å². The number of hydrogen-bond donors (Lipinski definition) is 2. The van der Waals surface area contributed by atoms with E-state index in [1.54, 1.807) is 7.05 Å². The highest BCUT2D eigenvalue weighted by atomic mass is 16.2. The molecule has 0 aromatic rings. The zero-order valence-corrected chi connectivity index (χ0v) is 10.7. The zero-order valence-electron chi connectivity index (χ0n) is 10.7. The minimum atomic E-state index is 0.0671. The number of hydrogen-bond acceptors (Lipinski definition) is 3. The molecule has 1 unspecified atom stereocenters. The Bertz CT molecular complexity index is 271. The summed E-state index contributed by atoms with van der Waals surface area (Å²) >= 11 is 0. The lowest BCUT2D eigenvalue weighted by Gasteiger charge is -2.31. The van der Waals surface area contributed by atoms with Crippen molar-refractivity contribution >= 4 is 11.8 Å². The molecule has 0 radical (unpaired) electrons. The van der Waals surface area contributed by atoms with Crippen LogP contribution in [-0.2, 0) is 9.59 Å². The van der Waals surface area contributed by atoms with Gasteiger partial charge in [0.2, 0.25) is 11.8 Å². The van der Waals surface area contributed by atoms with Crippen LogP contribution in [-0.4, -0.2) is 42.9 Å². The van der Waals surface area contributed by atoms with E-state index in [-0.39, 0.29) is 23.8 Å². The quantitative estimate of drug-likeness (QED) is 0.733. The van der Waals surface area contributed by atoms with Gasteiger partial charge in [-0.05, 0) is 26.2 Å². The first-order chi connectivity index (χ1) is 8.04. The maximum atomic E-state index is 11.8. The lowest BCUT2D eigenvalue weighted by Crippen LogP contribution is -2.42. The van der Waals surface area contributed by atoms with E-state index in [4.69, 9.17) is 5.73 Å². The molecule has 0 aromatic heterocycles. The molecule has 0 spiro atoms. The van der Waals surface area contributed by atoms with Gasteiger partial charge in [0.05, 0.1) is 0 Å². The molecule has 0 saturated carbocycles. The molecule has 5 nitrogen and oxygen atoms in total. The number of nitrogens with zero attached hydrogens (tertiary/aromatic N) is 1. The molecule has 0 bridgehead atoms. The van der Waals surface area contributed by atoms with Crippen molar-refractivity contribution < 1.29 is 9.59 Å². The fourth-order valence-electron chi connectivity index (χ4n) is 2.10. The summed E-state index contributed by atoms with van der Waals surface area (Å²) in [5.41, 5.74) is 5.63. The number of likely N-dealkylation sites (tertiary alicyclic amines) is 1. The molecule has 1 atom stereocenters. The van der Waals surface area contributed by atoms with Crippen molar-refractivity contribution in [3.8, 4) is 0 Å². The molecule has 17 heavy (non-hydrogen) atoms. The Morgan fingerprint density at radius 3 is 2.47 bits per heavy atom. The van der Waals surface area contributed by atoms with Crippen molar-refractivity contribution in [3.63, 3.8) is 0 Å². The predicted octanol–water partition coefficient (Wildman–Crippen LogP) is 0.0984. The Morgan fingerprint density at radius 1 is 1.41 bits per heavy atom. The maximum absolute atomic E-state index is 11.8. The summed E-state index contributed by atoms with van der Waals surface area (Å²) in [6.45, 7) is 3.29. The molecule has 1 aliphatic rings. The summed E-state index contributed by atoms with van der Waals surface area (Å²) in [6.07, 6.45) is 2.78. The third-order valence-corrected chi connectivity index (χ3v) is 3.28. The van der Waals surface area contributed by atoms with E-state index in [2.05, 4.69) is 5.32 Å². The number of nitrogens with two attached hydrogens (primary N) is 1. The van der Waals surface area contributed by atoms with Gasteiger partial charge in [0.25, 0.3) is 0 Å². The first kappa shape index (κ1) is 14.0. The number of rotatable bonds is 4. The van der Waals surface area contributed by atoms with E-state index >= 15 is 0 Å². The van der Waals surface area contributed by atoms with Crippen molar-refractivity contribution in [3.05, 3.63) is 0 Å². The summed E-state index contributed by atoms with van der Waals surface area (Å²) in [7, 11) is 1.66. The number of amides is 2. The molecular formula is C12H23N3O2. The average molecular weight is 241 g/mol. The third-order valence-electron chi connectivity index (χ3n) is 3.28. The Labute approximate surface area is 103 Å². The summed E-state index contributed by atoms with van der Waals surface area (Å²) < 4.78 is 0. The molecule has 2 amide bonds. The van der Waals surface area contributed by atoms with Crippen LogP contribution < -0.4 is 11.1 Å². The van der Waals surface area contributed by atoms with Gasteiger partial charge in [0.1, 0.15) is 0 Å². The lowest BCUT2D eigenvalue weighted by atomic mass is 9.95. The van der Waals surface area contributed by atoms with Crippen LogP contribution in [0.15, 0.2) is 0 Å². The van der Waals surface area contributed by atoms with Crippen molar-refractivity contribution in [1.82, 2.24) is 10.2 Å². The zero-order chi connectivity index (χ0) is 12.8. The van der Waals surface area contributed by atoms with Crippen molar-refractivity contribution in [1.29, 1.82) is 0 Å². The van der Waals surface area contributed by atoms with Gasteiger partial charge >= 0.3 is 0 Å². The van der Waals surface area contributed by atoms with Gasteiger partial charge in [0, 0.05) is 38.5 Å². The predicted molar refractivity (Wildman–Crippen MR) is 66.3 cm³/mol. The van der Waals surface area contributed by atoms with Gasteiger partial charge in [-0.1, -0.05) is 0 Å². The van der Waals surface area contributed by atoms with Gasteiger partial charge in [-0.2, -0.15) is 0 Å². The summed E-state index contributed by atoms with van der Waals surface area (Å²) in [4.78, 5) is 25.1. The Kier molecular flexibility index (Phi) is 5.41. The van der Waals surface area contributed by atoms with Crippen LogP contribution in [0.5, 0.6) is 0 Å². The molecule has 1 heterocycles. The van der Waals surface area contributed by atoms with Crippen LogP contribution in [0.2, 0.25) is 0 Å². The molecule has 0 aliphatic carbocycles. The fourth-order valence-corrected chi connectivity index (χ4v) is 2.10. The molecule has 1 fully saturated rings. The second-order valence-electron chi connectivity index (χ2n) is 4.79. The van der Waals surface area contributed by atoms with Crippen molar-refractivity contribution in [2.75, 3.05) is 20.1 Å². The second-order valence-corrected chi connectivity index (χ2v) is 4.79. The summed E-state index contributed by atoms with van der Waals surface area (Å²) in [5.74, 6) is 0.322. The number of piperidine rings is 1. The van der Waals surface area contributed by atoms with Crippen LogP contribution >= 0.6 is 0 Å². The smallest absolute Gasteiger partial charge is 0.222 e. The SMILES string of the molecule is CNC(=O)C1CCN(C(=O)CCC(C)N)CC1. The van der Waals surface area contributed by atoms with E-state index < -0.39 is 0 Å². The first-order valence-electron chi connectivity index (χ1n) is 6.29. The summed E-state index contributed by atoms with van der Waals surface area (Å²) in [6, 6.07) is 0.0716. The van der Waals surface area contributed by atoms with Crippen molar-refractivity contribution in [2.45, 2.75) is 38.6 Å². The van der Waals surface area contributed by atoms with E-state index in [0.717, 1.165) is 19.3 Å². The average Bonchev–Trinajstić information content (AvgIpc) is 2.35. The Morgan fingerprint density at radius 2 is 2.00 bits per heavy atom. The highest BCUT2D eigenvalue weighted by Crippen LogP contribution is 2.18. The standard InChI is InChI=1S/C12H23N3O2/c1-9(13)3-4-11(16)15-7-5-10(6-8-15)12(17)14-2/h9-10H,3-8,13H2,1-2H3,(H,14,17). The van der Waals surface area contributed by atoms with Gasteiger partial charge in [-0.3, -0.25) is 9.59 Å². The van der Waals surface area contributed by atoms with Crippen LogP contribution in [0.1, 0.15) is 32.6 Å². The minimum absolute atomic E-state index is 0.0671. The van der Waals surface area contributed by atoms with Gasteiger partial charge in [0.15, 0.2) is 0 Å². The maximum Gasteiger partial charge on any atom is 0.222 e. The molecule has 3 N–H and O–H groups in total. The normalized spacial score (nSPS) is 18.9. The van der Waals surface area contributed by atoms with Crippen LogP contribution in [0, 0.1) is 5.92 Å². The molecule has 1 aliphatic heterocycles. The molecular weight excluding hydrogens is 218 g/mol. The van der Waals surface area contributed by atoms with E-state index in [9.17, 15) is 9.59 Å². The van der Waals surface area contributed by atoms with Crippen molar-refractivity contribution in [2.24, 2.45) is 11.7 Å². The topological polar surface area (TPSA) is 75.4 Å². The van der Waals surface area contributed by atoms with E-state index in [1.807, 2.05) is 11.8 Å². The van der Waals surface area contributed by atoms with Crippen LogP contribution in [0.25, 0.3) is 0 Å². The molecule has 98 valence electrons. The Hall–Kier alpha value is -1.10. The number of carbonyl (C=O) groups is 2. The Balaban J connectivity index is 2.31. The van der Waals surface area contributed by atoms with Crippen LogP contribution in [0.4, 0.5) is 0 Å². The number of nitrogens with one attached hydrogen (secondary N) is 1. The van der Waals surface area contributed by atoms with Gasteiger partial charge in [-0.25, -0.2) is 0 Å². The largest absolute Gasteiger partial charge is 0.359 e. The lowest BCUT2D eigenvalue weighted by molar-refractivity contribution is -0.135. The first-order valence-corrected chi connectivity index (χ1v) is 6.29. The molecule has 5 heteroatoms. The fraction of sp³-hybridized carbons (Fsp3) is 0.833. The monoisotopic (exact) mass is 241 g/mol. The molecule has 1 rings (SSSR count). The van der Waals surface area contributed by atoms with E-state index in [0.29, 0.717) is 19.5 Å². The minimum Gasteiger partial charge on any atom is -0.359 e. The van der Waals surface area contributed by atoms with E-state index in [1.165, 1.54) is 0 Å². The summed E-state index contributed by atoms with van der Waals surface area (Å²) in [5, 5.41) is 2.66. The highest BCUT2D eigenvalue weighted by Gasteiger charge is 2.26.